The lowest BCUT2D eigenvalue weighted by atomic mass is 10.1. The van der Waals surface area contributed by atoms with Crippen molar-refractivity contribution in [1.29, 1.82) is 0 Å². The number of rotatable bonds is 3. The van der Waals surface area contributed by atoms with Gasteiger partial charge in [0.25, 0.3) is 5.91 Å². The molecular weight excluding hydrogens is 252 g/mol. The van der Waals surface area contributed by atoms with E-state index >= 15 is 0 Å². The van der Waals surface area contributed by atoms with E-state index in [1.807, 2.05) is 25.1 Å². The third-order valence-electron chi connectivity index (χ3n) is 2.56. The van der Waals surface area contributed by atoms with Crippen LogP contribution in [0.1, 0.15) is 21.5 Å². The molecule has 0 aliphatic carbocycles. The normalized spacial score (nSPS) is 10.3. The van der Waals surface area contributed by atoms with Crippen molar-refractivity contribution in [2.45, 2.75) is 13.5 Å². The van der Waals surface area contributed by atoms with Gasteiger partial charge in [0.05, 0.1) is 6.20 Å². The Hall–Kier alpha value is -2.01. The SMILES string of the molecule is Cc1ccc(CNC(=O)c2cn[nH]c2N)c(Cl)c1. The number of nitrogens with one attached hydrogen (secondary N) is 2. The molecule has 0 saturated heterocycles. The molecule has 2 rings (SSSR count). The van der Waals surface area contributed by atoms with E-state index in [0.717, 1.165) is 11.1 Å². The summed E-state index contributed by atoms with van der Waals surface area (Å²) in [6, 6.07) is 5.69. The number of nitrogens with zero attached hydrogens (tertiary/aromatic N) is 1. The number of carbonyl (C=O) groups is 1. The minimum absolute atomic E-state index is 0.252. The second kappa shape index (κ2) is 5.10. The topological polar surface area (TPSA) is 83.8 Å². The number of nitrogen functional groups attached to an aromatic ring is 1. The fourth-order valence-electron chi connectivity index (χ4n) is 1.54. The first-order valence-corrected chi connectivity index (χ1v) is 5.78. The summed E-state index contributed by atoms with van der Waals surface area (Å²) in [5.74, 6) is -0.0274. The molecule has 0 bridgehead atoms. The number of carbonyl (C=O) groups excluding carboxylic acids is 1. The zero-order valence-electron chi connectivity index (χ0n) is 9.83. The first-order valence-electron chi connectivity index (χ1n) is 5.40. The minimum atomic E-state index is -0.280. The second-order valence-corrected chi connectivity index (χ2v) is 4.38. The van der Waals surface area contributed by atoms with Crippen LogP contribution in [0.4, 0.5) is 5.82 Å². The van der Waals surface area contributed by atoms with Gasteiger partial charge in [-0.25, -0.2) is 0 Å². The molecule has 0 unspecified atom stereocenters. The highest BCUT2D eigenvalue weighted by molar-refractivity contribution is 6.31. The van der Waals surface area contributed by atoms with E-state index in [1.54, 1.807) is 0 Å². The number of amides is 1. The summed E-state index contributed by atoms with van der Waals surface area (Å²) >= 11 is 6.07. The average Bonchev–Trinajstić information content (AvgIpc) is 2.74. The molecule has 4 N–H and O–H groups in total. The van der Waals surface area contributed by atoms with Gasteiger partial charge in [-0.2, -0.15) is 5.10 Å². The fourth-order valence-corrected chi connectivity index (χ4v) is 1.85. The van der Waals surface area contributed by atoms with E-state index in [1.165, 1.54) is 6.20 Å². The van der Waals surface area contributed by atoms with Crippen LogP contribution in [0, 0.1) is 6.92 Å². The first kappa shape index (κ1) is 12.4. The summed E-state index contributed by atoms with van der Waals surface area (Å²) in [7, 11) is 0. The maximum absolute atomic E-state index is 11.8. The third-order valence-corrected chi connectivity index (χ3v) is 2.91. The van der Waals surface area contributed by atoms with Crippen molar-refractivity contribution in [2.24, 2.45) is 0 Å². The summed E-state index contributed by atoms with van der Waals surface area (Å²) in [5.41, 5.74) is 7.82. The van der Waals surface area contributed by atoms with Gasteiger partial charge in [-0.05, 0) is 24.1 Å². The van der Waals surface area contributed by atoms with Crippen molar-refractivity contribution >= 4 is 23.3 Å². The molecule has 1 amide bonds. The standard InChI is InChI=1S/C12H13ClN4O/c1-7-2-3-8(10(13)4-7)5-15-12(18)9-6-16-17-11(9)14/h2-4,6H,5H2,1H3,(H,15,18)(H3,14,16,17). The van der Waals surface area contributed by atoms with Gasteiger partial charge in [0.1, 0.15) is 11.4 Å². The van der Waals surface area contributed by atoms with Crippen LogP contribution >= 0.6 is 11.6 Å². The van der Waals surface area contributed by atoms with Gasteiger partial charge in [-0.1, -0.05) is 23.7 Å². The molecule has 5 nitrogen and oxygen atoms in total. The number of H-pyrrole nitrogens is 1. The maximum Gasteiger partial charge on any atom is 0.256 e. The Kier molecular flexibility index (Phi) is 3.53. The summed E-state index contributed by atoms with van der Waals surface area (Å²) in [6.45, 7) is 2.31. The number of aryl methyl sites for hydroxylation is 1. The Morgan fingerprint density at radius 3 is 2.94 bits per heavy atom. The van der Waals surface area contributed by atoms with E-state index in [4.69, 9.17) is 17.3 Å². The second-order valence-electron chi connectivity index (χ2n) is 3.97. The van der Waals surface area contributed by atoms with Crippen LogP contribution in [-0.4, -0.2) is 16.1 Å². The maximum atomic E-state index is 11.8. The number of halogens is 1. The third kappa shape index (κ3) is 2.62. The molecule has 94 valence electrons. The molecular formula is C12H13ClN4O. The molecule has 0 aliphatic rings. The number of aromatic nitrogens is 2. The molecule has 1 heterocycles. The number of anilines is 1. The van der Waals surface area contributed by atoms with Crippen molar-refractivity contribution in [3.8, 4) is 0 Å². The van der Waals surface area contributed by atoms with Gasteiger partial charge in [0.15, 0.2) is 0 Å². The zero-order valence-corrected chi connectivity index (χ0v) is 10.6. The van der Waals surface area contributed by atoms with Gasteiger partial charge in [-0.15, -0.1) is 0 Å². The summed E-state index contributed by atoms with van der Waals surface area (Å²) in [5, 5.41) is 9.57. The predicted octanol–water partition coefficient (Wildman–Crippen LogP) is 1.88. The van der Waals surface area contributed by atoms with E-state index in [-0.39, 0.29) is 11.7 Å². The molecule has 0 saturated carbocycles. The van der Waals surface area contributed by atoms with E-state index < -0.39 is 0 Å². The Balaban J connectivity index is 2.04. The summed E-state index contributed by atoms with van der Waals surface area (Å²) < 4.78 is 0. The zero-order chi connectivity index (χ0) is 13.1. The molecule has 1 aromatic heterocycles. The summed E-state index contributed by atoms with van der Waals surface area (Å²) in [4.78, 5) is 11.8. The van der Waals surface area contributed by atoms with Crippen LogP contribution in [0.5, 0.6) is 0 Å². The molecule has 0 atom stereocenters. The van der Waals surface area contributed by atoms with Crippen LogP contribution in [0.2, 0.25) is 5.02 Å². The van der Waals surface area contributed by atoms with Crippen LogP contribution in [0.25, 0.3) is 0 Å². The number of nitrogens with two attached hydrogens (primary N) is 1. The van der Waals surface area contributed by atoms with Crippen LogP contribution < -0.4 is 11.1 Å². The van der Waals surface area contributed by atoms with Crippen molar-refractivity contribution in [1.82, 2.24) is 15.5 Å². The molecule has 2 aromatic rings. The Labute approximate surface area is 109 Å². The molecule has 0 radical (unpaired) electrons. The highest BCUT2D eigenvalue weighted by atomic mass is 35.5. The molecule has 0 spiro atoms. The van der Waals surface area contributed by atoms with Crippen LogP contribution in [0.3, 0.4) is 0 Å². The predicted molar refractivity (Wildman–Crippen MR) is 70.4 cm³/mol. The summed E-state index contributed by atoms with van der Waals surface area (Å²) in [6.07, 6.45) is 1.39. The Morgan fingerprint density at radius 2 is 2.33 bits per heavy atom. The molecule has 6 heteroatoms. The largest absolute Gasteiger partial charge is 0.383 e. The van der Waals surface area contributed by atoms with Crippen molar-refractivity contribution in [3.63, 3.8) is 0 Å². The van der Waals surface area contributed by atoms with Gasteiger partial charge < -0.3 is 11.1 Å². The van der Waals surface area contributed by atoms with E-state index in [0.29, 0.717) is 17.1 Å². The van der Waals surface area contributed by atoms with Crippen molar-refractivity contribution in [2.75, 3.05) is 5.73 Å². The van der Waals surface area contributed by atoms with E-state index in [9.17, 15) is 4.79 Å². The average molecular weight is 265 g/mol. The molecule has 18 heavy (non-hydrogen) atoms. The molecule has 1 aromatic carbocycles. The Morgan fingerprint density at radius 1 is 1.56 bits per heavy atom. The fraction of sp³-hybridized carbons (Fsp3) is 0.167. The highest BCUT2D eigenvalue weighted by Gasteiger charge is 2.11. The van der Waals surface area contributed by atoms with Crippen molar-refractivity contribution < 1.29 is 4.79 Å². The molecule has 0 aliphatic heterocycles. The Bertz CT molecular complexity index is 579. The van der Waals surface area contributed by atoms with Gasteiger partial charge in [0, 0.05) is 11.6 Å². The number of hydrogen-bond acceptors (Lipinski definition) is 3. The minimum Gasteiger partial charge on any atom is -0.383 e. The van der Waals surface area contributed by atoms with Crippen molar-refractivity contribution in [3.05, 3.63) is 46.1 Å². The number of aromatic amines is 1. The van der Waals surface area contributed by atoms with Gasteiger partial charge in [0.2, 0.25) is 0 Å². The smallest absolute Gasteiger partial charge is 0.256 e. The van der Waals surface area contributed by atoms with Gasteiger partial charge in [-0.3, -0.25) is 9.89 Å². The van der Waals surface area contributed by atoms with E-state index in [2.05, 4.69) is 15.5 Å². The monoisotopic (exact) mass is 264 g/mol. The molecule has 0 fully saturated rings. The highest BCUT2D eigenvalue weighted by Crippen LogP contribution is 2.17. The lowest BCUT2D eigenvalue weighted by Crippen LogP contribution is -2.23. The number of hydrogen-bond donors (Lipinski definition) is 3. The van der Waals surface area contributed by atoms with Crippen LogP contribution in [-0.2, 0) is 6.54 Å². The lowest BCUT2D eigenvalue weighted by molar-refractivity contribution is 0.0952. The van der Waals surface area contributed by atoms with Gasteiger partial charge >= 0.3 is 0 Å². The quantitative estimate of drug-likeness (QED) is 0.791. The van der Waals surface area contributed by atoms with Crippen LogP contribution in [0.15, 0.2) is 24.4 Å². The number of benzene rings is 1. The first-order chi connectivity index (χ1) is 8.58. The lowest BCUT2D eigenvalue weighted by Gasteiger charge is -2.07.